The molecule has 0 amide bonds. The number of nitrogens with one attached hydrogen (secondary N) is 2. The van der Waals surface area contributed by atoms with Gasteiger partial charge in [0.1, 0.15) is 0 Å². The summed E-state index contributed by atoms with van der Waals surface area (Å²) in [6, 6.07) is -0.521. The summed E-state index contributed by atoms with van der Waals surface area (Å²) in [6.07, 6.45) is 22.2. The van der Waals surface area contributed by atoms with Crippen molar-refractivity contribution in [3.63, 3.8) is 0 Å². The van der Waals surface area contributed by atoms with Crippen LogP contribution < -0.4 is 15.7 Å². The number of carbonyl (C=O) groups excluding carboxylic acids is 1. The largest absolute Gasteiger partial charge is 0.548 e. The van der Waals surface area contributed by atoms with Gasteiger partial charge in [0.2, 0.25) is 0 Å². The van der Waals surface area contributed by atoms with Crippen LogP contribution in [-0.2, 0) is 4.79 Å². The second-order valence-corrected chi connectivity index (χ2v) is 10.7. The van der Waals surface area contributed by atoms with Gasteiger partial charge in [0.05, 0.1) is 33.7 Å². The van der Waals surface area contributed by atoms with Crippen molar-refractivity contribution in [1.29, 1.82) is 0 Å². The normalized spacial score (nSPS) is 12.9. The van der Waals surface area contributed by atoms with Crippen LogP contribution in [0.1, 0.15) is 116 Å². The third-order valence-corrected chi connectivity index (χ3v) is 6.26. The Morgan fingerprint density at radius 2 is 1.12 bits per heavy atom. The van der Waals surface area contributed by atoms with Crippen LogP contribution in [0.25, 0.3) is 0 Å². The van der Waals surface area contributed by atoms with Gasteiger partial charge in [0.25, 0.3) is 0 Å². The number of nitrogens with zero attached hydrogens (tertiary/aromatic N) is 1. The molecule has 0 aliphatic heterocycles. The highest BCUT2D eigenvalue weighted by Crippen LogP contribution is 2.12. The molecule has 5 heteroatoms. The molecular formula is C27H57N3O2. The Balaban J connectivity index is 3.33. The topological polar surface area (TPSA) is 64.2 Å². The minimum Gasteiger partial charge on any atom is -0.548 e. The van der Waals surface area contributed by atoms with Crippen molar-refractivity contribution in [3.05, 3.63) is 0 Å². The maximum Gasteiger partial charge on any atom is 0.0907 e. The summed E-state index contributed by atoms with van der Waals surface area (Å²) in [5.74, 6) is -0.971. The standard InChI is InChI=1S/C27H57N3O2/c1-5-6-7-8-9-10-11-12-13-14-15-16-17-19-22-28-23-20-18-21-26(27(31)32)29-24-25-30(2,3)4/h26,28-29H,5-25H2,1-4H3/t26-/m0/s1. The molecule has 0 aromatic carbocycles. The van der Waals surface area contributed by atoms with Gasteiger partial charge in [-0.05, 0) is 32.4 Å². The molecule has 1 atom stereocenters. The van der Waals surface area contributed by atoms with Crippen molar-refractivity contribution < 1.29 is 14.4 Å². The van der Waals surface area contributed by atoms with Crippen LogP contribution >= 0.6 is 0 Å². The molecule has 0 bridgehead atoms. The molecule has 192 valence electrons. The van der Waals surface area contributed by atoms with Crippen LogP contribution in [0.15, 0.2) is 0 Å². The summed E-state index contributed by atoms with van der Waals surface area (Å²) in [5, 5.41) is 17.9. The Morgan fingerprint density at radius 1 is 0.688 bits per heavy atom. The summed E-state index contributed by atoms with van der Waals surface area (Å²) in [7, 11) is 6.33. The van der Waals surface area contributed by atoms with E-state index in [4.69, 9.17) is 0 Å². The lowest BCUT2D eigenvalue weighted by Gasteiger charge is -2.26. The molecule has 32 heavy (non-hydrogen) atoms. The van der Waals surface area contributed by atoms with E-state index in [1.807, 2.05) is 0 Å². The van der Waals surface area contributed by atoms with E-state index in [0.717, 1.165) is 37.0 Å². The maximum absolute atomic E-state index is 11.3. The van der Waals surface area contributed by atoms with Crippen molar-refractivity contribution in [2.24, 2.45) is 0 Å². The number of likely N-dealkylation sites (N-methyl/N-ethyl adjacent to an activating group) is 1. The fourth-order valence-corrected chi connectivity index (χ4v) is 4.05. The number of unbranched alkanes of at least 4 members (excludes halogenated alkanes) is 14. The van der Waals surface area contributed by atoms with Crippen LogP contribution in [0.5, 0.6) is 0 Å². The van der Waals surface area contributed by atoms with Crippen LogP contribution in [-0.4, -0.2) is 63.8 Å². The molecular weight excluding hydrogens is 398 g/mol. The highest BCUT2D eigenvalue weighted by molar-refractivity contribution is 5.71. The predicted molar refractivity (Wildman–Crippen MR) is 137 cm³/mol. The summed E-state index contributed by atoms with van der Waals surface area (Å²) in [4.78, 5) is 11.3. The van der Waals surface area contributed by atoms with Crippen molar-refractivity contribution in [3.8, 4) is 0 Å². The minimum atomic E-state index is -0.971. The van der Waals surface area contributed by atoms with E-state index in [-0.39, 0.29) is 0 Å². The van der Waals surface area contributed by atoms with Gasteiger partial charge in [-0.25, -0.2) is 0 Å². The van der Waals surface area contributed by atoms with Crippen molar-refractivity contribution in [2.75, 3.05) is 47.3 Å². The lowest BCUT2D eigenvalue weighted by molar-refractivity contribution is -0.869. The molecule has 0 radical (unpaired) electrons. The third-order valence-electron chi connectivity index (χ3n) is 6.26. The molecule has 0 aliphatic carbocycles. The number of rotatable bonds is 25. The second-order valence-electron chi connectivity index (χ2n) is 10.7. The number of carbonyl (C=O) groups is 1. The first-order chi connectivity index (χ1) is 15.4. The van der Waals surface area contributed by atoms with E-state index in [9.17, 15) is 9.90 Å². The van der Waals surface area contributed by atoms with Crippen LogP contribution in [0, 0.1) is 0 Å². The Labute approximate surface area is 200 Å². The molecule has 0 saturated carbocycles. The minimum absolute atomic E-state index is 0.521. The maximum atomic E-state index is 11.3. The number of quaternary nitrogens is 1. The molecule has 0 aromatic rings. The first-order valence-electron chi connectivity index (χ1n) is 13.8. The quantitative estimate of drug-likeness (QED) is 0.155. The Kier molecular flexibility index (Phi) is 21.7. The zero-order valence-electron chi connectivity index (χ0n) is 22.2. The van der Waals surface area contributed by atoms with E-state index in [2.05, 4.69) is 38.7 Å². The van der Waals surface area contributed by atoms with Crippen molar-refractivity contribution in [2.45, 2.75) is 122 Å². The van der Waals surface area contributed by atoms with E-state index < -0.39 is 12.0 Å². The summed E-state index contributed by atoms with van der Waals surface area (Å²) in [6.45, 7) is 5.97. The molecule has 5 nitrogen and oxygen atoms in total. The highest BCUT2D eigenvalue weighted by atomic mass is 16.4. The lowest BCUT2D eigenvalue weighted by atomic mass is 10.0. The van der Waals surface area contributed by atoms with Crippen molar-refractivity contribution in [1.82, 2.24) is 10.6 Å². The number of carboxylic acids is 1. The van der Waals surface area contributed by atoms with E-state index in [0.29, 0.717) is 13.0 Å². The van der Waals surface area contributed by atoms with E-state index in [1.54, 1.807) is 0 Å². The SMILES string of the molecule is CCCCCCCCCCCCCCCCNCCCC[C@H](NCC[N+](C)(C)C)C(=O)[O-]. The molecule has 0 fully saturated rings. The molecule has 0 spiro atoms. The van der Waals surface area contributed by atoms with Gasteiger partial charge in [-0.15, -0.1) is 0 Å². The Morgan fingerprint density at radius 3 is 1.56 bits per heavy atom. The highest BCUT2D eigenvalue weighted by Gasteiger charge is 2.12. The number of carboxylic acid groups (broad SMARTS) is 1. The zero-order valence-corrected chi connectivity index (χ0v) is 22.2. The zero-order chi connectivity index (χ0) is 23.9. The van der Waals surface area contributed by atoms with Crippen LogP contribution in [0.4, 0.5) is 0 Å². The number of hydrogen-bond donors (Lipinski definition) is 2. The average Bonchev–Trinajstić information content (AvgIpc) is 2.73. The van der Waals surface area contributed by atoms with E-state index in [1.165, 1.54) is 89.9 Å². The molecule has 0 aromatic heterocycles. The average molecular weight is 456 g/mol. The van der Waals surface area contributed by atoms with E-state index >= 15 is 0 Å². The first kappa shape index (κ1) is 31.4. The fourth-order valence-electron chi connectivity index (χ4n) is 4.05. The van der Waals surface area contributed by atoms with Gasteiger partial charge < -0.3 is 25.0 Å². The van der Waals surface area contributed by atoms with Crippen LogP contribution in [0.2, 0.25) is 0 Å². The second kappa shape index (κ2) is 22.2. The van der Waals surface area contributed by atoms with Crippen LogP contribution in [0.3, 0.4) is 0 Å². The Bertz CT molecular complexity index is 410. The molecule has 0 saturated heterocycles. The smallest absolute Gasteiger partial charge is 0.0907 e. The van der Waals surface area contributed by atoms with Gasteiger partial charge in [-0.1, -0.05) is 96.8 Å². The Hall–Kier alpha value is -0.650. The first-order valence-corrected chi connectivity index (χ1v) is 13.8. The molecule has 0 rings (SSSR count). The number of hydrogen-bond acceptors (Lipinski definition) is 4. The predicted octanol–water partition coefficient (Wildman–Crippen LogP) is 4.64. The van der Waals surface area contributed by atoms with Gasteiger partial charge in [0, 0.05) is 12.6 Å². The van der Waals surface area contributed by atoms with Gasteiger partial charge in [0.15, 0.2) is 0 Å². The number of aliphatic carboxylic acids is 1. The summed E-state index contributed by atoms with van der Waals surface area (Å²) < 4.78 is 0.829. The van der Waals surface area contributed by atoms with Gasteiger partial charge in [-0.3, -0.25) is 0 Å². The monoisotopic (exact) mass is 455 g/mol. The third kappa shape index (κ3) is 24.0. The lowest BCUT2D eigenvalue weighted by Crippen LogP contribution is -2.49. The van der Waals surface area contributed by atoms with Gasteiger partial charge in [-0.2, -0.15) is 0 Å². The fraction of sp³-hybridized carbons (Fsp3) is 0.963. The summed E-state index contributed by atoms with van der Waals surface area (Å²) in [5.41, 5.74) is 0. The molecule has 0 unspecified atom stereocenters. The van der Waals surface area contributed by atoms with Crippen molar-refractivity contribution >= 4 is 5.97 Å². The molecule has 0 heterocycles. The molecule has 2 N–H and O–H groups in total. The van der Waals surface area contributed by atoms with Gasteiger partial charge >= 0.3 is 0 Å². The molecule has 0 aliphatic rings. The summed E-state index contributed by atoms with van der Waals surface area (Å²) >= 11 is 0.